The van der Waals surface area contributed by atoms with Crippen molar-refractivity contribution in [3.63, 3.8) is 0 Å². The molecule has 2 aromatic carbocycles. The molecule has 0 spiro atoms. The van der Waals surface area contributed by atoms with E-state index in [9.17, 15) is 0 Å². The van der Waals surface area contributed by atoms with Crippen LogP contribution in [0.5, 0.6) is 5.75 Å². The molecule has 1 N–H and O–H groups in total. The van der Waals surface area contributed by atoms with Gasteiger partial charge < -0.3 is 10.1 Å². The second kappa shape index (κ2) is 8.20. The Bertz CT molecular complexity index is 554. The Balaban J connectivity index is 1.90. The van der Waals surface area contributed by atoms with Gasteiger partial charge in [-0.25, -0.2) is 0 Å². The van der Waals surface area contributed by atoms with E-state index in [0.29, 0.717) is 12.5 Å². The minimum Gasteiger partial charge on any atom is -0.489 e. The highest BCUT2D eigenvalue weighted by molar-refractivity contribution is 9.10. The molecular weight excluding hydrogens is 326 g/mol. The van der Waals surface area contributed by atoms with Gasteiger partial charge in [-0.15, -0.1) is 0 Å². The van der Waals surface area contributed by atoms with E-state index in [0.717, 1.165) is 28.9 Å². The molecule has 0 aliphatic heterocycles. The number of ether oxygens (including phenoxy) is 1. The van der Waals surface area contributed by atoms with E-state index in [2.05, 4.69) is 53.3 Å². The van der Waals surface area contributed by atoms with Crippen molar-refractivity contribution in [2.24, 2.45) is 5.92 Å². The lowest BCUT2D eigenvalue weighted by molar-refractivity contribution is 0.305. The van der Waals surface area contributed by atoms with Crippen LogP contribution in [0.1, 0.15) is 25.0 Å². The Morgan fingerprint density at radius 2 is 1.86 bits per heavy atom. The Morgan fingerprint density at radius 3 is 2.52 bits per heavy atom. The first-order chi connectivity index (χ1) is 10.1. The van der Waals surface area contributed by atoms with E-state index in [1.165, 1.54) is 5.56 Å². The summed E-state index contributed by atoms with van der Waals surface area (Å²) in [6, 6.07) is 16.3. The van der Waals surface area contributed by atoms with Gasteiger partial charge in [0.1, 0.15) is 12.4 Å². The third kappa shape index (κ3) is 5.52. The Kier molecular flexibility index (Phi) is 6.27. The molecule has 0 aliphatic carbocycles. The van der Waals surface area contributed by atoms with Crippen molar-refractivity contribution in [2.45, 2.75) is 27.0 Å². The molecule has 0 bridgehead atoms. The summed E-state index contributed by atoms with van der Waals surface area (Å²) in [6.45, 7) is 6.94. The summed E-state index contributed by atoms with van der Waals surface area (Å²) >= 11 is 3.63. The topological polar surface area (TPSA) is 21.3 Å². The molecular formula is C18H22BrNO. The third-order valence-electron chi connectivity index (χ3n) is 3.14. The monoisotopic (exact) mass is 347 g/mol. The summed E-state index contributed by atoms with van der Waals surface area (Å²) in [5.41, 5.74) is 2.44. The molecule has 0 amide bonds. The van der Waals surface area contributed by atoms with Crippen LogP contribution in [0.2, 0.25) is 0 Å². The van der Waals surface area contributed by atoms with Gasteiger partial charge >= 0.3 is 0 Å². The van der Waals surface area contributed by atoms with Crippen molar-refractivity contribution >= 4 is 15.9 Å². The molecule has 2 aromatic rings. The number of para-hydroxylation sites is 1. The van der Waals surface area contributed by atoms with Gasteiger partial charge in [0.25, 0.3) is 0 Å². The third-order valence-corrected chi connectivity index (χ3v) is 3.87. The summed E-state index contributed by atoms with van der Waals surface area (Å²) in [4.78, 5) is 0. The molecule has 3 heteroatoms. The summed E-state index contributed by atoms with van der Waals surface area (Å²) in [6.07, 6.45) is 0. The quantitative estimate of drug-likeness (QED) is 0.778. The fourth-order valence-corrected chi connectivity index (χ4v) is 2.54. The van der Waals surface area contributed by atoms with E-state index in [1.54, 1.807) is 0 Å². The molecule has 21 heavy (non-hydrogen) atoms. The van der Waals surface area contributed by atoms with Gasteiger partial charge in [0, 0.05) is 16.6 Å². The molecule has 2 rings (SSSR count). The van der Waals surface area contributed by atoms with E-state index in [-0.39, 0.29) is 0 Å². The zero-order valence-corrected chi connectivity index (χ0v) is 14.2. The molecule has 0 saturated heterocycles. The van der Waals surface area contributed by atoms with Crippen LogP contribution in [0.4, 0.5) is 0 Å². The predicted octanol–water partition coefficient (Wildman–Crippen LogP) is 4.77. The van der Waals surface area contributed by atoms with E-state index >= 15 is 0 Å². The zero-order valence-electron chi connectivity index (χ0n) is 12.6. The van der Waals surface area contributed by atoms with Gasteiger partial charge in [-0.3, -0.25) is 0 Å². The molecule has 0 heterocycles. The van der Waals surface area contributed by atoms with Crippen molar-refractivity contribution in [1.82, 2.24) is 5.32 Å². The molecule has 112 valence electrons. The van der Waals surface area contributed by atoms with Gasteiger partial charge in [-0.05, 0) is 36.2 Å². The largest absolute Gasteiger partial charge is 0.489 e. The smallest absolute Gasteiger partial charge is 0.119 e. The second-order valence-electron chi connectivity index (χ2n) is 5.55. The molecule has 0 fully saturated rings. The first-order valence-corrected chi connectivity index (χ1v) is 8.10. The lowest BCUT2D eigenvalue weighted by Crippen LogP contribution is -2.18. The van der Waals surface area contributed by atoms with Crippen molar-refractivity contribution < 1.29 is 4.74 Å². The van der Waals surface area contributed by atoms with Gasteiger partial charge in [0.2, 0.25) is 0 Å². The summed E-state index contributed by atoms with van der Waals surface area (Å²) in [5.74, 6) is 1.57. The second-order valence-corrected chi connectivity index (χ2v) is 6.41. The minimum absolute atomic E-state index is 0.574. The highest BCUT2D eigenvalue weighted by atomic mass is 79.9. The van der Waals surface area contributed by atoms with Crippen LogP contribution >= 0.6 is 15.9 Å². The van der Waals surface area contributed by atoms with Gasteiger partial charge in [-0.1, -0.05) is 60.1 Å². The summed E-state index contributed by atoms with van der Waals surface area (Å²) in [5, 5.41) is 3.45. The lowest BCUT2D eigenvalue weighted by Gasteiger charge is -2.11. The average molecular weight is 348 g/mol. The lowest BCUT2D eigenvalue weighted by atomic mass is 10.1. The number of hydrogen-bond acceptors (Lipinski definition) is 2. The minimum atomic E-state index is 0.574. The van der Waals surface area contributed by atoms with E-state index < -0.39 is 0 Å². The molecule has 0 atom stereocenters. The fraction of sp³-hybridized carbons (Fsp3) is 0.333. The van der Waals surface area contributed by atoms with E-state index in [1.807, 2.05) is 30.3 Å². The molecule has 0 aromatic heterocycles. The predicted molar refractivity (Wildman–Crippen MR) is 91.5 cm³/mol. The number of benzene rings is 2. The Labute approximate surface area is 135 Å². The maximum atomic E-state index is 5.78. The Hall–Kier alpha value is -1.32. The normalized spacial score (nSPS) is 10.9. The van der Waals surface area contributed by atoms with Crippen molar-refractivity contribution in [2.75, 3.05) is 6.54 Å². The number of halogens is 1. The molecule has 0 saturated carbocycles. The van der Waals surface area contributed by atoms with Crippen LogP contribution in [-0.4, -0.2) is 6.54 Å². The first kappa shape index (κ1) is 16.1. The summed E-state index contributed by atoms with van der Waals surface area (Å²) in [7, 11) is 0. The van der Waals surface area contributed by atoms with Crippen molar-refractivity contribution in [3.8, 4) is 5.75 Å². The van der Waals surface area contributed by atoms with Crippen LogP contribution in [0.25, 0.3) is 0 Å². The molecule has 2 nitrogen and oxygen atoms in total. The average Bonchev–Trinajstić information content (AvgIpc) is 2.47. The first-order valence-electron chi connectivity index (χ1n) is 7.31. The van der Waals surface area contributed by atoms with Crippen molar-refractivity contribution in [1.29, 1.82) is 0 Å². The van der Waals surface area contributed by atoms with Gasteiger partial charge in [0.05, 0.1) is 0 Å². The maximum absolute atomic E-state index is 5.78. The SMILES string of the molecule is CC(C)CNCc1ccc(COc2ccccc2)c(Br)c1. The van der Waals surface area contributed by atoms with E-state index in [4.69, 9.17) is 4.74 Å². The van der Waals surface area contributed by atoms with Crippen LogP contribution < -0.4 is 10.1 Å². The number of nitrogens with one attached hydrogen (secondary N) is 1. The number of rotatable bonds is 7. The van der Waals surface area contributed by atoms with Crippen molar-refractivity contribution in [3.05, 3.63) is 64.1 Å². The standard InChI is InChI=1S/C18H22BrNO/c1-14(2)11-20-12-15-8-9-16(18(19)10-15)13-21-17-6-4-3-5-7-17/h3-10,14,20H,11-13H2,1-2H3. The van der Waals surface area contributed by atoms with Crippen LogP contribution in [0.3, 0.4) is 0 Å². The van der Waals surface area contributed by atoms with Crippen LogP contribution in [-0.2, 0) is 13.2 Å². The number of hydrogen-bond donors (Lipinski definition) is 1. The fourth-order valence-electron chi connectivity index (χ4n) is 2.00. The molecule has 0 aliphatic rings. The van der Waals surface area contributed by atoms with Gasteiger partial charge in [-0.2, -0.15) is 0 Å². The van der Waals surface area contributed by atoms with Crippen LogP contribution in [0, 0.1) is 5.92 Å². The summed E-state index contributed by atoms with van der Waals surface area (Å²) < 4.78 is 6.88. The molecule has 0 radical (unpaired) electrons. The zero-order chi connectivity index (χ0) is 15.1. The maximum Gasteiger partial charge on any atom is 0.119 e. The van der Waals surface area contributed by atoms with Gasteiger partial charge in [0.15, 0.2) is 0 Å². The Morgan fingerprint density at radius 1 is 1.10 bits per heavy atom. The highest BCUT2D eigenvalue weighted by Gasteiger charge is 2.03. The molecule has 0 unspecified atom stereocenters. The highest BCUT2D eigenvalue weighted by Crippen LogP contribution is 2.21. The van der Waals surface area contributed by atoms with Crippen LogP contribution in [0.15, 0.2) is 53.0 Å².